The van der Waals surface area contributed by atoms with Crippen LogP contribution in [0.5, 0.6) is 5.75 Å². The molecule has 0 saturated carbocycles. The minimum absolute atomic E-state index is 0.0350. The summed E-state index contributed by atoms with van der Waals surface area (Å²) in [6.45, 7) is 1.77. The molecule has 0 radical (unpaired) electrons. The van der Waals surface area contributed by atoms with Crippen LogP contribution in [0, 0.1) is 5.92 Å². The summed E-state index contributed by atoms with van der Waals surface area (Å²) < 4.78 is 5.28. The summed E-state index contributed by atoms with van der Waals surface area (Å²) >= 11 is 1.56. The Morgan fingerprint density at radius 1 is 1.31 bits per heavy atom. The van der Waals surface area contributed by atoms with Gasteiger partial charge in [-0.3, -0.25) is 9.59 Å². The summed E-state index contributed by atoms with van der Waals surface area (Å²) in [6.07, 6.45) is 2.12. The number of carbonyl (C=O) groups is 2. The van der Waals surface area contributed by atoms with Crippen molar-refractivity contribution < 1.29 is 14.3 Å². The summed E-state index contributed by atoms with van der Waals surface area (Å²) in [5.41, 5.74) is 3.37. The maximum absolute atomic E-state index is 12.7. The monoisotopic (exact) mass is 373 g/mol. The summed E-state index contributed by atoms with van der Waals surface area (Å²) in [5.74, 6) is 0.584. The van der Waals surface area contributed by atoms with Crippen molar-refractivity contribution in [3.8, 4) is 5.75 Å². The Labute approximate surface area is 157 Å². The maximum atomic E-state index is 12.7. The molecule has 7 heteroatoms. The quantitative estimate of drug-likeness (QED) is 0.844. The van der Waals surface area contributed by atoms with Gasteiger partial charge in [0.15, 0.2) is 0 Å². The Morgan fingerprint density at radius 3 is 2.77 bits per heavy atom. The van der Waals surface area contributed by atoms with Gasteiger partial charge in [0.05, 0.1) is 23.9 Å². The number of likely N-dealkylation sites (tertiary alicyclic amines) is 1. The normalized spacial score (nSPS) is 14.9. The number of hydrogen-bond donors (Lipinski definition) is 1. The molecule has 1 N–H and O–H groups in total. The van der Waals surface area contributed by atoms with Crippen molar-refractivity contribution in [2.45, 2.75) is 19.3 Å². The number of para-hydroxylation sites is 1. The molecule has 6 nitrogen and oxygen atoms in total. The second-order valence-electron chi connectivity index (χ2n) is 6.29. The Balaban J connectivity index is 1.47. The molecule has 0 spiro atoms. The van der Waals surface area contributed by atoms with Crippen molar-refractivity contribution in [2.75, 3.05) is 26.7 Å². The lowest BCUT2D eigenvalue weighted by molar-refractivity contribution is -0.126. The lowest BCUT2D eigenvalue weighted by Crippen LogP contribution is -2.43. The van der Waals surface area contributed by atoms with Crippen molar-refractivity contribution in [3.05, 3.63) is 46.4 Å². The van der Waals surface area contributed by atoms with Crippen LogP contribution in [-0.4, -0.2) is 48.4 Å². The highest BCUT2D eigenvalue weighted by Crippen LogP contribution is 2.23. The van der Waals surface area contributed by atoms with Gasteiger partial charge in [0.25, 0.3) is 5.91 Å². The number of hydrogen-bond acceptors (Lipinski definition) is 5. The molecule has 2 aromatic rings. The van der Waals surface area contributed by atoms with E-state index in [4.69, 9.17) is 4.74 Å². The third kappa shape index (κ3) is 4.40. The minimum Gasteiger partial charge on any atom is -0.496 e. The predicted molar refractivity (Wildman–Crippen MR) is 100 cm³/mol. The molecular formula is C19H23N3O3S. The molecule has 0 aliphatic carbocycles. The number of nitrogens with one attached hydrogen (secondary N) is 1. The fourth-order valence-corrected chi connectivity index (χ4v) is 3.75. The molecule has 1 aromatic heterocycles. The van der Waals surface area contributed by atoms with Gasteiger partial charge in [-0.2, -0.15) is 0 Å². The Kier molecular flexibility index (Phi) is 6.22. The number of nitrogens with zero attached hydrogens (tertiary/aromatic N) is 2. The van der Waals surface area contributed by atoms with Gasteiger partial charge in [-0.05, 0) is 25.0 Å². The highest BCUT2D eigenvalue weighted by molar-refractivity contribution is 7.07. The number of methoxy groups -OCH3 is 1. The zero-order valence-corrected chi connectivity index (χ0v) is 15.6. The van der Waals surface area contributed by atoms with Crippen LogP contribution in [0.1, 0.15) is 28.9 Å². The smallest absolute Gasteiger partial charge is 0.257 e. The molecule has 1 saturated heterocycles. The fourth-order valence-electron chi connectivity index (χ4n) is 3.16. The zero-order chi connectivity index (χ0) is 18.4. The lowest BCUT2D eigenvalue weighted by atomic mass is 9.95. The minimum atomic E-state index is -0.0372. The molecule has 0 bridgehead atoms. The maximum Gasteiger partial charge on any atom is 0.257 e. The van der Waals surface area contributed by atoms with E-state index in [1.807, 2.05) is 17.5 Å². The van der Waals surface area contributed by atoms with Crippen molar-refractivity contribution in [2.24, 2.45) is 5.92 Å². The highest BCUT2D eigenvalue weighted by atomic mass is 32.1. The Bertz CT molecular complexity index is 740. The molecule has 1 fully saturated rings. The van der Waals surface area contributed by atoms with Crippen LogP contribution in [0.4, 0.5) is 0 Å². The van der Waals surface area contributed by atoms with Crippen molar-refractivity contribution in [1.29, 1.82) is 0 Å². The molecule has 2 amide bonds. The summed E-state index contributed by atoms with van der Waals surface area (Å²) in [5, 5.41) is 4.98. The van der Waals surface area contributed by atoms with Crippen LogP contribution in [0.2, 0.25) is 0 Å². The van der Waals surface area contributed by atoms with E-state index < -0.39 is 0 Å². The van der Waals surface area contributed by atoms with E-state index in [0.29, 0.717) is 43.8 Å². The average Bonchev–Trinajstić information content (AvgIpc) is 3.21. The van der Waals surface area contributed by atoms with E-state index in [9.17, 15) is 9.59 Å². The number of ether oxygens (including phenoxy) is 1. The van der Waals surface area contributed by atoms with E-state index in [1.165, 1.54) is 0 Å². The summed E-state index contributed by atoms with van der Waals surface area (Å²) in [6, 6.07) is 7.24. The number of thiazole rings is 1. The molecular weight excluding hydrogens is 350 g/mol. The SMILES string of the molecule is COc1ccccc1C(=O)N1CCC(C(=O)NCCc2cscn2)CC1. The van der Waals surface area contributed by atoms with Crippen molar-refractivity contribution >= 4 is 23.2 Å². The highest BCUT2D eigenvalue weighted by Gasteiger charge is 2.28. The van der Waals surface area contributed by atoms with Crippen molar-refractivity contribution in [3.63, 3.8) is 0 Å². The second-order valence-corrected chi connectivity index (χ2v) is 7.01. The molecule has 26 heavy (non-hydrogen) atoms. The Morgan fingerprint density at radius 2 is 2.08 bits per heavy atom. The topological polar surface area (TPSA) is 71.5 Å². The Hall–Kier alpha value is -2.41. The number of aromatic nitrogens is 1. The summed E-state index contributed by atoms with van der Waals surface area (Å²) in [7, 11) is 1.56. The fraction of sp³-hybridized carbons (Fsp3) is 0.421. The predicted octanol–water partition coefficient (Wildman–Crippen LogP) is 2.36. The molecule has 0 unspecified atom stereocenters. The zero-order valence-electron chi connectivity index (χ0n) is 14.8. The lowest BCUT2D eigenvalue weighted by Gasteiger charge is -2.31. The van der Waals surface area contributed by atoms with Gasteiger partial charge in [-0.15, -0.1) is 11.3 Å². The van der Waals surface area contributed by atoms with E-state index in [-0.39, 0.29) is 17.7 Å². The number of amides is 2. The van der Waals surface area contributed by atoms with Crippen LogP contribution in [-0.2, 0) is 11.2 Å². The first-order chi connectivity index (χ1) is 12.7. The third-order valence-electron chi connectivity index (χ3n) is 4.65. The molecule has 138 valence electrons. The van der Waals surface area contributed by atoms with Crippen LogP contribution >= 0.6 is 11.3 Å². The van der Waals surface area contributed by atoms with Crippen LogP contribution < -0.4 is 10.1 Å². The summed E-state index contributed by atoms with van der Waals surface area (Å²) in [4.78, 5) is 31.0. The second kappa shape index (κ2) is 8.80. The van der Waals surface area contributed by atoms with E-state index in [0.717, 1.165) is 12.1 Å². The van der Waals surface area contributed by atoms with Gasteiger partial charge < -0.3 is 15.0 Å². The molecule has 1 aliphatic heterocycles. The van der Waals surface area contributed by atoms with Crippen LogP contribution in [0.25, 0.3) is 0 Å². The first-order valence-electron chi connectivity index (χ1n) is 8.76. The molecule has 0 atom stereocenters. The van der Waals surface area contributed by atoms with E-state index in [2.05, 4.69) is 10.3 Å². The number of benzene rings is 1. The molecule has 3 rings (SSSR count). The van der Waals surface area contributed by atoms with Gasteiger partial charge >= 0.3 is 0 Å². The molecule has 1 aromatic carbocycles. The largest absolute Gasteiger partial charge is 0.496 e. The third-order valence-corrected chi connectivity index (χ3v) is 5.29. The standard InChI is InChI=1S/C19H23N3O3S/c1-25-17-5-3-2-4-16(17)19(24)22-10-7-14(8-11-22)18(23)20-9-6-15-12-26-13-21-15/h2-5,12-14H,6-11H2,1H3,(H,20,23). The number of carbonyl (C=O) groups excluding carboxylic acids is 2. The average molecular weight is 373 g/mol. The van der Waals surface area contributed by atoms with Crippen molar-refractivity contribution in [1.82, 2.24) is 15.2 Å². The van der Waals surface area contributed by atoms with Gasteiger partial charge in [0.2, 0.25) is 5.91 Å². The van der Waals surface area contributed by atoms with Crippen LogP contribution in [0.15, 0.2) is 35.2 Å². The van der Waals surface area contributed by atoms with Gasteiger partial charge in [0, 0.05) is 37.4 Å². The van der Waals surface area contributed by atoms with Crippen LogP contribution in [0.3, 0.4) is 0 Å². The van der Waals surface area contributed by atoms with Gasteiger partial charge in [0.1, 0.15) is 5.75 Å². The van der Waals surface area contributed by atoms with Gasteiger partial charge in [-0.1, -0.05) is 12.1 Å². The first-order valence-corrected chi connectivity index (χ1v) is 9.70. The molecule has 2 heterocycles. The number of piperidine rings is 1. The van der Waals surface area contributed by atoms with E-state index in [1.54, 1.807) is 41.0 Å². The number of rotatable bonds is 6. The van der Waals surface area contributed by atoms with Gasteiger partial charge in [-0.25, -0.2) is 4.98 Å². The first kappa shape index (κ1) is 18.4. The van der Waals surface area contributed by atoms with E-state index >= 15 is 0 Å². The molecule has 1 aliphatic rings.